The molecular formula is C11H15ClN2O4S. The molecule has 0 amide bonds. The molecule has 0 spiro atoms. The van der Waals surface area contributed by atoms with Gasteiger partial charge in [0.25, 0.3) is 0 Å². The average Bonchev–Trinajstić information content (AvgIpc) is 2.24. The second kappa shape index (κ2) is 5.44. The number of carbonyl (C=O) groups is 1. The van der Waals surface area contributed by atoms with Gasteiger partial charge in [0.05, 0.1) is 0 Å². The van der Waals surface area contributed by atoms with E-state index in [-0.39, 0.29) is 10.0 Å². The van der Waals surface area contributed by atoms with Gasteiger partial charge in [-0.15, -0.1) is 0 Å². The molecule has 0 fully saturated rings. The Morgan fingerprint density at radius 2 is 2.05 bits per heavy atom. The lowest BCUT2D eigenvalue weighted by Crippen LogP contribution is -2.49. The van der Waals surface area contributed by atoms with Gasteiger partial charge in [-0.25, -0.2) is 13.4 Å². The van der Waals surface area contributed by atoms with Gasteiger partial charge in [0.2, 0.25) is 10.0 Å². The van der Waals surface area contributed by atoms with E-state index in [4.69, 9.17) is 16.7 Å². The Balaban J connectivity index is 3.16. The van der Waals surface area contributed by atoms with Crippen molar-refractivity contribution >= 4 is 27.6 Å². The molecule has 0 unspecified atom stereocenters. The van der Waals surface area contributed by atoms with E-state index in [1.807, 2.05) is 0 Å². The van der Waals surface area contributed by atoms with Gasteiger partial charge in [-0.1, -0.05) is 32.4 Å². The van der Waals surface area contributed by atoms with E-state index >= 15 is 0 Å². The third-order valence-electron chi connectivity index (χ3n) is 2.40. The van der Waals surface area contributed by atoms with Gasteiger partial charge in [0.1, 0.15) is 16.1 Å². The number of hydrogen-bond acceptors (Lipinski definition) is 4. The third kappa shape index (κ3) is 3.89. The Kier molecular flexibility index (Phi) is 4.54. The maximum atomic E-state index is 12.1. The Hall–Kier alpha value is -1.18. The zero-order chi connectivity index (χ0) is 14.8. The normalized spacial score (nSPS) is 14.1. The van der Waals surface area contributed by atoms with Crippen LogP contribution in [0.2, 0.25) is 5.15 Å². The predicted octanol–water partition coefficient (Wildman–Crippen LogP) is 1.51. The highest BCUT2D eigenvalue weighted by Crippen LogP contribution is 2.23. The van der Waals surface area contributed by atoms with Gasteiger partial charge in [-0.3, -0.25) is 4.79 Å². The van der Waals surface area contributed by atoms with E-state index in [9.17, 15) is 13.2 Å². The van der Waals surface area contributed by atoms with Crippen LogP contribution < -0.4 is 4.72 Å². The standard InChI is InChI=1S/C11H15ClN2O4S/c1-11(2,3)8(10(15)16)14-19(17,18)7-5-4-6-13-9(7)12/h4-6,8,14H,1-3H3,(H,15,16)/t8-/m1/s1. The minimum atomic E-state index is -4.04. The Morgan fingerprint density at radius 3 is 2.47 bits per heavy atom. The van der Waals surface area contributed by atoms with Crippen LogP contribution in [0, 0.1) is 5.41 Å². The molecule has 0 aliphatic rings. The van der Waals surface area contributed by atoms with Crippen molar-refractivity contribution in [3.8, 4) is 0 Å². The molecule has 0 aromatic carbocycles. The van der Waals surface area contributed by atoms with Gasteiger partial charge in [0.15, 0.2) is 0 Å². The molecule has 1 heterocycles. The van der Waals surface area contributed by atoms with Gasteiger partial charge in [-0.05, 0) is 17.5 Å². The number of carboxylic acids is 1. The summed E-state index contributed by atoms with van der Waals surface area (Å²) in [6.07, 6.45) is 1.35. The fraction of sp³-hybridized carbons (Fsp3) is 0.455. The minimum Gasteiger partial charge on any atom is -0.480 e. The fourth-order valence-corrected chi connectivity index (χ4v) is 3.24. The first-order chi connectivity index (χ1) is 8.55. The molecule has 0 aliphatic heterocycles. The second-order valence-electron chi connectivity index (χ2n) is 5.05. The summed E-state index contributed by atoms with van der Waals surface area (Å²) in [4.78, 5) is 14.6. The van der Waals surface area contributed by atoms with Crippen molar-refractivity contribution in [1.82, 2.24) is 9.71 Å². The number of halogens is 1. The van der Waals surface area contributed by atoms with Crippen LogP contribution in [0.5, 0.6) is 0 Å². The first kappa shape index (κ1) is 15.9. The van der Waals surface area contributed by atoms with Crippen molar-refractivity contribution in [1.29, 1.82) is 0 Å². The van der Waals surface area contributed by atoms with Crippen LogP contribution in [-0.4, -0.2) is 30.5 Å². The predicted molar refractivity (Wildman–Crippen MR) is 70.4 cm³/mol. The monoisotopic (exact) mass is 306 g/mol. The quantitative estimate of drug-likeness (QED) is 0.822. The van der Waals surface area contributed by atoms with Gasteiger partial charge in [-0.2, -0.15) is 4.72 Å². The summed E-state index contributed by atoms with van der Waals surface area (Å²) in [5.41, 5.74) is -0.784. The molecule has 0 saturated heterocycles. The number of rotatable bonds is 4. The molecule has 19 heavy (non-hydrogen) atoms. The summed E-state index contributed by atoms with van der Waals surface area (Å²) < 4.78 is 26.4. The molecule has 1 atom stereocenters. The molecule has 8 heteroatoms. The van der Waals surface area contributed by atoms with E-state index < -0.39 is 27.4 Å². The van der Waals surface area contributed by atoms with Crippen molar-refractivity contribution in [2.45, 2.75) is 31.7 Å². The first-order valence-electron chi connectivity index (χ1n) is 5.41. The first-order valence-corrected chi connectivity index (χ1v) is 7.27. The lowest BCUT2D eigenvalue weighted by Gasteiger charge is -2.27. The van der Waals surface area contributed by atoms with Crippen LogP contribution in [0.3, 0.4) is 0 Å². The van der Waals surface area contributed by atoms with Crippen LogP contribution in [0.4, 0.5) is 0 Å². The topological polar surface area (TPSA) is 96.4 Å². The highest BCUT2D eigenvalue weighted by atomic mass is 35.5. The van der Waals surface area contributed by atoms with E-state index in [0.717, 1.165) is 0 Å². The molecule has 1 aromatic rings. The summed E-state index contributed by atoms with van der Waals surface area (Å²) >= 11 is 5.71. The van der Waals surface area contributed by atoms with Crippen LogP contribution >= 0.6 is 11.6 Å². The molecule has 6 nitrogen and oxygen atoms in total. The zero-order valence-corrected chi connectivity index (χ0v) is 12.3. The van der Waals surface area contributed by atoms with Crippen molar-refractivity contribution in [2.75, 3.05) is 0 Å². The zero-order valence-electron chi connectivity index (χ0n) is 10.7. The average molecular weight is 307 g/mol. The number of sulfonamides is 1. The minimum absolute atomic E-state index is 0.201. The smallest absolute Gasteiger partial charge is 0.322 e. The van der Waals surface area contributed by atoms with E-state index in [1.54, 1.807) is 20.8 Å². The van der Waals surface area contributed by atoms with Crippen LogP contribution in [0.25, 0.3) is 0 Å². The number of carboxylic acid groups (broad SMARTS) is 1. The van der Waals surface area contributed by atoms with Crippen LogP contribution in [-0.2, 0) is 14.8 Å². The highest BCUT2D eigenvalue weighted by molar-refractivity contribution is 7.89. The maximum Gasteiger partial charge on any atom is 0.322 e. The molecule has 2 N–H and O–H groups in total. The van der Waals surface area contributed by atoms with E-state index in [2.05, 4.69) is 9.71 Å². The van der Waals surface area contributed by atoms with Crippen molar-refractivity contribution in [3.63, 3.8) is 0 Å². The Morgan fingerprint density at radius 1 is 1.47 bits per heavy atom. The van der Waals surface area contributed by atoms with Gasteiger partial charge >= 0.3 is 5.97 Å². The van der Waals surface area contributed by atoms with Crippen molar-refractivity contribution < 1.29 is 18.3 Å². The van der Waals surface area contributed by atoms with E-state index in [1.165, 1.54) is 18.3 Å². The second-order valence-corrected chi connectivity index (χ2v) is 7.09. The Labute approximate surface area is 116 Å². The SMILES string of the molecule is CC(C)(C)[C@H](NS(=O)(=O)c1cccnc1Cl)C(=O)O. The summed E-state index contributed by atoms with van der Waals surface area (Å²) in [5.74, 6) is -1.25. The van der Waals surface area contributed by atoms with E-state index in [0.29, 0.717) is 0 Å². The number of aromatic nitrogens is 1. The largest absolute Gasteiger partial charge is 0.480 e. The molecule has 0 bridgehead atoms. The number of nitrogens with zero attached hydrogens (tertiary/aromatic N) is 1. The lowest BCUT2D eigenvalue weighted by atomic mass is 9.88. The molecular weight excluding hydrogens is 292 g/mol. The Bertz CT molecular complexity index is 581. The van der Waals surface area contributed by atoms with Crippen molar-refractivity contribution in [3.05, 3.63) is 23.5 Å². The molecule has 0 saturated carbocycles. The summed E-state index contributed by atoms with van der Waals surface area (Å²) in [5, 5.41) is 8.91. The highest BCUT2D eigenvalue weighted by Gasteiger charge is 2.35. The molecule has 106 valence electrons. The van der Waals surface area contributed by atoms with Gasteiger partial charge < -0.3 is 5.11 Å². The van der Waals surface area contributed by atoms with Crippen LogP contribution in [0.1, 0.15) is 20.8 Å². The van der Waals surface area contributed by atoms with Crippen molar-refractivity contribution in [2.24, 2.45) is 5.41 Å². The summed E-state index contributed by atoms with van der Waals surface area (Å²) in [6.45, 7) is 4.87. The lowest BCUT2D eigenvalue weighted by molar-refractivity contribution is -0.141. The van der Waals surface area contributed by atoms with Gasteiger partial charge in [0, 0.05) is 6.20 Å². The summed E-state index contributed by atoms with van der Waals surface area (Å²) in [7, 11) is -4.04. The molecule has 0 aliphatic carbocycles. The van der Waals surface area contributed by atoms with Crippen LogP contribution in [0.15, 0.2) is 23.2 Å². The number of hydrogen-bond donors (Lipinski definition) is 2. The molecule has 1 rings (SSSR count). The number of nitrogens with one attached hydrogen (secondary N) is 1. The maximum absolute atomic E-state index is 12.1. The number of pyridine rings is 1. The molecule has 0 radical (unpaired) electrons. The molecule has 1 aromatic heterocycles. The third-order valence-corrected chi connectivity index (χ3v) is 4.27. The number of aliphatic carboxylic acids is 1. The fourth-order valence-electron chi connectivity index (χ4n) is 1.39. The summed E-state index contributed by atoms with van der Waals surface area (Å²) in [6, 6.07) is 1.40.